The van der Waals surface area contributed by atoms with Crippen LogP contribution in [0, 0.1) is 0 Å². The Morgan fingerprint density at radius 3 is 2.44 bits per heavy atom. The van der Waals surface area contributed by atoms with E-state index in [1.807, 2.05) is 27.1 Å². The number of nitrogens with zero attached hydrogens (tertiary/aromatic N) is 5. The molecule has 1 saturated heterocycles. The first-order valence-corrected chi connectivity index (χ1v) is 11.9. The zero-order valence-corrected chi connectivity index (χ0v) is 20.7. The van der Waals surface area contributed by atoms with Crippen molar-refractivity contribution in [3.63, 3.8) is 0 Å². The van der Waals surface area contributed by atoms with Crippen LogP contribution in [0.5, 0.6) is 0 Å². The van der Waals surface area contributed by atoms with Gasteiger partial charge in [-0.3, -0.25) is 14.4 Å². The zero-order chi connectivity index (χ0) is 24.4. The maximum absolute atomic E-state index is 11.5. The van der Waals surface area contributed by atoms with E-state index >= 15 is 0 Å². The highest BCUT2D eigenvalue weighted by atomic mass is 16.5. The van der Waals surface area contributed by atoms with Gasteiger partial charge in [-0.1, -0.05) is 6.07 Å². The van der Waals surface area contributed by atoms with Crippen molar-refractivity contribution in [1.82, 2.24) is 19.4 Å². The van der Waals surface area contributed by atoms with Crippen LogP contribution in [0.4, 0.5) is 5.69 Å². The second-order valence-electron chi connectivity index (χ2n) is 9.05. The lowest BCUT2D eigenvalue weighted by Crippen LogP contribution is -2.50. The van der Waals surface area contributed by atoms with E-state index in [4.69, 9.17) is 9.72 Å². The standard InChI is InChI=1S/C26H35N5O3/c1-6-34-19(3)29-12-14-30(15-13-29)21-8-7-9-22(17-21)31-24-11-10-20(26(32)33)16-23(24)27-25(31)18(2)28(4)5/h7-11,16-19H,6,12-15H2,1-5H3,(H,32,33). The second-order valence-corrected chi connectivity index (χ2v) is 9.05. The number of aromatic carboxylic acids is 1. The van der Waals surface area contributed by atoms with E-state index in [0.29, 0.717) is 5.52 Å². The molecule has 0 bridgehead atoms. The zero-order valence-electron chi connectivity index (χ0n) is 20.7. The summed E-state index contributed by atoms with van der Waals surface area (Å²) < 4.78 is 7.92. The Balaban J connectivity index is 1.69. The summed E-state index contributed by atoms with van der Waals surface area (Å²) in [5.74, 6) is -0.0616. The lowest BCUT2D eigenvalue weighted by Gasteiger charge is -2.38. The van der Waals surface area contributed by atoms with Gasteiger partial charge in [-0.2, -0.15) is 0 Å². The molecule has 4 rings (SSSR count). The van der Waals surface area contributed by atoms with Crippen molar-refractivity contribution in [3.05, 3.63) is 53.9 Å². The number of carboxylic acids is 1. The first-order chi connectivity index (χ1) is 16.3. The molecule has 1 aliphatic rings. The van der Waals surface area contributed by atoms with Crippen molar-refractivity contribution < 1.29 is 14.6 Å². The fourth-order valence-electron chi connectivity index (χ4n) is 4.53. The molecular weight excluding hydrogens is 430 g/mol. The Morgan fingerprint density at radius 1 is 1.09 bits per heavy atom. The smallest absolute Gasteiger partial charge is 0.335 e. The van der Waals surface area contributed by atoms with Crippen LogP contribution in [0.25, 0.3) is 16.7 Å². The first-order valence-electron chi connectivity index (χ1n) is 11.9. The van der Waals surface area contributed by atoms with Gasteiger partial charge in [-0.15, -0.1) is 0 Å². The van der Waals surface area contributed by atoms with Crippen LogP contribution >= 0.6 is 0 Å². The second kappa shape index (κ2) is 10.1. The van der Waals surface area contributed by atoms with E-state index in [9.17, 15) is 9.90 Å². The van der Waals surface area contributed by atoms with E-state index in [0.717, 1.165) is 49.8 Å². The molecule has 3 aromatic rings. The van der Waals surface area contributed by atoms with Gasteiger partial charge in [0.15, 0.2) is 0 Å². The fourth-order valence-corrected chi connectivity index (χ4v) is 4.53. The highest BCUT2D eigenvalue weighted by molar-refractivity contribution is 5.93. The van der Waals surface area contributed by atoms with Gasteiger partial charge >= 0.3 is 5.97 Å². The summed E-state index contributed by atoms with van der Waals surface area (Å²) >= 11 is 0. The molecule has 1 aliphatic heterocycles. The number of carbonyl (C=O) groups is 1. The van der Waals surface area contributed by atoms with E-state index in [1.165, 1.54) is 5.69 Å². The maximum Gasteiger partial charge on any atom is 0.335 e. The summed E-state index contributed by atoms with van der Waals surface area (Å²) in [5, 5.41) is 9.44. The van der Waals surface area contributed by atoms with Gasteiger partial charge in [0.25, 0.3) is 0 Å². The van der Waals surface area contributed by atoms with Crippen LogP contribution in [-0.4, -0.2) is 83.5 Å². The summed E-state index contributed by atoms with van der Waals surface area (Å²) in [6.07, 6.45) is 0.140. The predicted molar refractivity (Wildman–Crippen MR) is 135 cm³/mol. The molecule has 2 heterocycles. The van der Waals surface area contributed by atoms with E-state index in [1.54, 1.807) is 12.1 Å². The predicted octanol–water partition coefficient (Wildman–Crippen LogP) is 3.85. The number of anilines is 1. The molecule has 2 unspecified atom stereocenters. The third-order valence-corrected chi connectivity index (χ3v) is 6.77. The van der Waals surface area contributed by atoms with E-state index in [2.05, 4.69) is 57.4 Å². The Hall–Kier alpha value is -2.94. The average Bonchev–Trinajstić information content (AvgIpc) is 3.22. The molecular formula is C26H35N5O3. The van der Waals surface area contributed by atoms with Crippen molar-refractivity contribution >= 4 is 22.7 Å². The van der Waals surface area contributed by atoms with Crippen molar-refractivity contribution in [2.24, 2.45) is 0 Å². The van der Waals surface area contributed by atoms with Gasteiger partial charge < -0.3 is 14.7 Å². The third kappa shape index (κ3) is 4.80. The SMILES string of the molecule is CCOC(C)N1CCN(c2cccc(-n3c(C(C)N(C)C)nc4cc(C(=O)O)ccc43)c2)CC1. The number of hydrogen-bond donors (Lipinski definition) is 1. The Labute approximate surface area is 201 Å². The quantitative estimate of drug-likeness (QED) is 0.542. The highest BCUT2D eigenvalue weighted by Gasteiger charge is 2.23. The van der Waals surface area contributed by atoms with Crippen LogP contribution in [0.3, 0.4) is 0 Å². The first kappa shape index (κ1) is 24.2. The molecule has 0 amide bonds. The third-order valence-electron chi connectivity index (χ3n) is 6.77. The summed E-state index contributed by atoms with van der Waals surface area (Å²) in [7, 11) is 4.05. The minimum absolute atomic E-state index is 0.0490. The molecule has 182 valence electrons. The summed E-state index contributed by atoms with van der Waals surface area (Å²) in [6, 6.07) is 13.8. The van der Waals surface area contributed by atoms with Gasteiger partial charge in [0, 0.05) is 44.2 Å². The van der Waals surface area contributed by atoms with Crippen LogP contribution in [0.15, 0.2) is 42.5 Å². The molecule has 2 aromatic carbocycles. The van der Waals surface area contributed by atoms with Crippen molar-refractivity contribution in [2.45, 2.75) is 33.0 Å². The largest absolute Gasteiger partial charge is 0.478 e. The molecule has 1 fully saturated rings. The average molecular weight is 466 g/mol. The number of aromatic nitrogens is 2. The van der Waals surface area contributed by atoms with Crippen molar-refractivity contribution in [2.75, 3.05) is 51.8 Å². The van der Waals surface area contributed by atoms with Gasteiger partial charge in [0.1, 0.15) is 12.1 Å². The number of carboxylic acid groups (broad SMARTS) is 1. The number of piperazine rings is 1. The summed E-state index contributed by atoms with van der Waals surface area (Å²) in [6.45, 7) is 10.8. The molecule has 1 N–H and O–H groups in total. The Bertz CT molecular complexity index is 1150. The van der Waals surface area contributed by atoms with Gasteiger partial charge in [0.05, 0.1) is 22.6 Å². The number of fused-ring (bicyclic) bond motifs is 1. The number of ether oxygens (including phenoxy) is 1. The molecule has 1 aromatic heterocycles. The molecule has 0 aliphatic carbocycles. The topological polar surface area (TPSA) is 74.1 Å². The molecule has 34 heavy (non-hydrogen) atoms. The van der Waals surface area contributed by atoms with Crippen molar-refractivity contribution in [1.29, 1.82) is 0 Å². The normalized spacial score (nSPS) is 16.8. The maximum atomic E-state index is 11.5. The van der Waals surface area contributed by atoms with E-state index < -0.39 is 5.97 Å². The molecule has 0 spiro atoms. The molecule has 8 heteroatoms. The Kier molecular flexibility index (Phi) is 7.21. The monoisotopic (exact) mass is 465 g/mol. The minimum atomic E-state index is -0.946. The number of benzene rings is 2. The molecule has 2 atom stereocenters. The minimum Gasteiger partial charge on any atom is -0.478 e. The van der Waals surface area contributed by atoms with Gasteiger partial charge in [-0.05, 0) is 71.3 Å². The van der Waals surface area contributed by atoms with Crippen LogP contribution in [0.2, 0.25) is 0 Å². The number of rotatable bonds is 8. The van der Waals surface area contributed by atoms with Gasteiger partial charge in [0.2, 0.25) is 0 Å². The van der Waals surface area contributed by atoms with E-state index in [-0.39, 0.29) is 17.8 Å². The highest BCUT2D eigenvalue weighted by Crippen LogP contribution is 2.30. The number of imidazole rings is 1. The Morgan fingerprint density at radius 2 is 1.79 bits per heavy atom. The van der Waals surface area contributed by atoms with Crippen molar-refractivity contribution in [3.8, 4) is 5.69 Å². The lowest BCUT2D eigenvalue weighted by atomic mass is 10.2. The summed E-state index contributed by atoms with van der Waals surface area (Å²) in [4.78, 5) is 23.3. The van der Waals surface area contributed by atoms with Crippen LogP contribution in [0.1, 0.15) is 43.0 Å². The molecule has 8 nitrogen and oxygen atoms in total. The van der Waals surface area contributed by atoms with Gasteiger partial charge in [-0.25, -0.2) is 9.78 Å². The summed E-state index contributed by atoms with van der Waals surface area (Å²) in [5.41, 5.74) is 4.04. The lowest BCUT2D eigenvalue weighted by molar-refractivity contribution is -0.0440. The van der Waals surface area contributed by atoms with Crippen LogP contribution in [-0.2, 0) is 4.74 Å². The molecule has 0 radical (unpaired) electrons. The molecule has 0 saturated carbocycles. The fraction of sp³-hybridized carbons (Fsp3) is 0.462. The number of hydrogen-bond acceptors (Lipinski definition) is 6. The van der Waals surface area contributed by atoms with Crippen LogP contribution < -0.4 is 4.90 Å².